The third-order valence-electron chi connectivity index (χ3n) is 3.28. The molecule has 8 heteroatoms. The molecule has 1 atom stereocenters. The Morgan fingerprint density at radius 3 is 2.73 bits per heavy atom. The fraction of sp³-hybridized carbons (Fsp3) is 0.143. The molecule has 0 fully saturated rings. The summed E-state index contributed by atoms with van der Waals surface area (Å²) >= 11 is 0. The minimum atomic E-state index is -0.674. The molecule has 0 saturated heterocycles. The van der Waals surface area contributed by atoms with Crippen molar-refractivity contribution in [2.45, 2.75) is 12.5 Å². The summed E-state index contributed by atoms with van der Waals surface area (Å²) in [6.07, 6.45) is 3.19. The zero-order chi connectivity index (χ0) is 15.5. The monoisotopic (exact) mass is 298 g/mol. The van der Waals surface area contributed by atoms with E-state index in [1.165, 1.54) is 11.2 Å². The minimum Gasteiger partial charge on any atom is -0.368 e. The van der Waals surface area contributed by atoms with Gasteiger partial charge >= 0.3 is 0 Å². The molecule has 2 heterocycles. The third-order valence-corrected chi connectivity index (χ3v) is 3.28. The van der Waals surface area contributed by atoms with Gasteiger partial charge in [-0.2, -0.15) is 10.2 Å². The normalized spacial score (nSPS) is 17.2. The highest BCUT2D eigenvalue weighted by molar-refractivity contribution is 6.44. The van der Waals surface area contributed by atoms with Crippen molar-refractivity contribution in [1.82, 2.24) is 10.2 Å². The number of hydrogen-bond acceptors (Lipinski definition) is 5. The fourth-order valence-corrected chi connectivity index (χ4v) is 2.21. The van der Waals surface area contributed by atoms with Gasteiger partial charge in [0.1, 0.15) is 11.8 Å². The number of aromatic amines is 1. The van der Waals surface area contributed by atoms with E-state index in [0.29, 0.717) is 11.4 Å². The molecule has 1 aromatic heterocycles. The first-order valence-electron chi connectivity index (χ1n) is 6.66. The van der Waals surface area contributed by atoms with Crippen LogP contribution in [-0.2, 0) is 9.59 Å². The van der Waals surface area contributed by atoms with E-state index in [1.807, 2.05) is 18.2 Å². The smallest absolute Gasteiger partial charge is 0.272 e. The SMILES string of the molecule is NC(=O)C1CC(C(=O)Nc2cn[nH]c2)=NN1c1ccccc1. The summed E-state index contributed by atoms with van der Waals surface area (Å²) in [5.74, 6) is -0.912. The van der Waals surface area contributed by atoms with E-state index in [4.69, 9.17) is 5.73 Å². The predicted octanol–water partition coefficient (Wildman–Crippen LogP) is 0.468. The molecule has 0 saturated carbocycles. The van der Waals surface area contributed by atoms with Crippen LogP contribution >= 0.6 is 0 Å². The number of H-pyrrole nitrogens is 1. The average molecular weight is 298 g/mol. The second-order valence-electron chi connectivity index (χ2n) is 4.79. The molecule has 0 bridgehead atoms. The average Bonchev–Trinajstić information content (AvgIpc) is 3.17. The van der Waals surface area contributed by atoms with Crippen LogP contribution in [0.2, 0.25) is 0 Å². The zero-order valence-electron chi connectivity index (χ0n) is 11.6. The number of rotatable bonds is 4. The van der Waals surface area contributed by atoms with Crippen LogP contribution in [0.15, 0.2) is 47.8 Å². The van der Waals surface area contributed by atoms with Gasteiger partial charge in [-0.1, -0.05) is 18.2 Å². The van der Waals surface area contributed by atoms with Crippen LogP contribution in [0.25, 0.3) is 0 Å². The Kier molecular flexibility index (Phi) is 3.57. The standard InChI is InChI=1S/C14H14N6O2/c15-13(21)12-6-11(14(22)18-9-7-16-17-8-9)19-20(12)10-4-2-1-3-5-10/h1-5,7-8,12H,6H2,(H2,15,21)(H,16,17)(H,18,22). The Bertz CT molecular complexity index is 710. The van der Waals surface area contributed by atoms with Crippen LogP contribution in [0.1, 0.15) is 6.42 Å². The lowest BCUT2D eigenvalue weighted by molar-refractivity contribution is -0.119. The molecule has 112 valence electrons. The molecular weight excluding hydrogens is 284 g/mol. The molecule has 1 unspecified atom stereocenters. The minimum absolute atomic E-state index is 0.161. The summed E-state index contributed by atoms with van der Waals surface area (Å²) in [5.41, 5.74) is 6.90. The van der Waals surface area contributed by atoms with Crippen molar-refractivity contribution >= 4 is 28.9 Å². The molecule has 1 aromatic carbocycles. The summed E-state index contributed by atoms with van der Waals surface area (Å²) < 4.78 is 0. The lowest BCUT2D eigenvalue weighted by Crippen LogP contribution is -2.39. The molecule has 0 radical (unpaired) electrons. The molecule has 8 nitrogen and oxygen atoms in total. The third kappa shape index (κ3) is 2.66. The van der Waals surface area contributed by atoms with Crippen molar-refractivity contribution in [2.24, 2.45) is 10.8 Å². The lowest BCUT2D eigenvalue weighted by atomic mass is 10.1. The summed E-state index contributed by atoms with van der Waals surface area (Å²) in [6, 6.07) is 8.44. The molecule has 1 aliphatic heterocycles. The number of anilines is 2. The van der Waals surface area contributed by atoms with Gasteiger partial charge in [-0.05, 0) is 12.1 Å². The van der Waals surface area contributed by atoms with Crippen molar-refractivity contribution in [2.75, 3.05) is 10.3 Å². The van der Waals surface area contributed by atoms with Gasteiger partial charge in [-0.25, -0.2) is 0 Å². The number of para-hydroxylation sites is 1. The van der Waals surface area contributed by atoms with E-state index in [9.17, 15) is 9.59 Å². The molecular formula is C14H14N6O2. The van der Waals surface area contributed by atoms with Crippen LogP contribution in [-0.4, -0.2) is 33.8 Å². The maximum atomic E-state index is 12.2. The lowest BCUT2D eigenvalue weighted by Gasteiger charge is -2.20. The molecule has 2 aromatic rings. The number of aromatic nitrogens is 2. The first kappa shape index (κ1) is 13.8. The van der Waals surface area contributed by atoms with Crippen LogP contribution in [0.5, 0.6) is 0 Å². The highest BCUT2D eigenvalue weighted by Crippen LogP contribution is 2.24. The molecule has 0 spiro atoms. The molecule has 1 aliphatic rings. The topological polar surface area (TPSA) is 116 Å². The van der Waals surface area contributed by atoms with Crippen LogP contribution in [0, 0.1) is 0 Å². The Morgan fingerprint density at radius 2 is 2.09 bits per heavy atom. The second-order valence-corrected chi connectivity index (χ2v) is 4.79. The van der Waals surface area contributed by atoms with E-state index in [2.05, 4.69) is 20.6 Å². The summed E-state index contributed by atoms with van der Waals surface area (Å²) in [7, 11) is 0. The summed E-state index contributed by atoms with van der Waals surface area (Å²) in [5, 5.41) is 14.7. The van der Waals surface area contributed by atoms with Crippen molar-refractivity contribution in [3.05, 3.63) is 42.7 Å². The number of nitrogens with zero attached hydrogens (tertiary/aromatic N) is 3. The van der Waals surface area contributed by atoms with E-state index in [1.54, 1.807) is 18.3 Å². The van der Waals surface area contributed by atoms with Crippen molar-refractivity contribution < 1.29 is 9.59 Å². The zero-order valence-corrected chi connectivity index (χ0v) is 11.6. The number of benzene rings is 1. The van der Waals surface area contributed by atoms with Crippen molar-refractivity contribution in [3.8, 4) is 0 Å². The van der Waals surface area contributed by atoms with Crippen molar-refractivity contribution in [1.29, 1.82) is 0 Å². The van der Waals surface area contributed by atoms with Gasteiger partial charge in [0.25, 0.3) is 5.91 Å². The van der Waals surface area contributed by atoms with E-state index < -0.39 is 11.9 Å². The highest BCUT2D eigenvalue weighted by Gasteiger charge is 2.34. The second kappa shape index (κ2) is 5.68. The Balaban J connectivity index is 1.83. The van der Waals surface area contributed by atoms with Crippen molar-refractivity contribution in [3.63, 3.8) is 0 Å². The Hall–Kier alpha value is -3.16. The molecule has 3 rings (SSSR count). The number of hydrazone groups is 1. The molecule has 4 N–H and O–H groups in total. The van der Waals surface area contributed by atoms with Gasteiger partial charge in [-0.3, -0.25) is 19.7 Å². The predicted molar refractivity (Wildman–Crippen MR) is 81.2 cm³/mol. The fourth-order valence-electron chi connectivity index (χ4n) is 2.21. The number of carbonyl (C=O) groups is 2. The number of hydrogen-bond donors (Lipinski definition) is 3. The Morgan fingerprint density at radius 1 is 1.32 bits per heavy atom. The Labute approximate surface area is 126 Å². The van der Waals surface area contributed by atoms with E-state index in [-0.39, 0.29) is 18.0 Å². The number of amides is 2. The maximum absolute atomic E-state index is 12.2. The molecule has 2 amide bonds. The van der Waals surface area contributed by atoms with Gasteiger partial charge in [-0.15, -0.1) is 0 Å². The summed E-state index contributed by atoms with van der Waals surface area (Å²) in [6.45, 7) is 0. The number of carbonyl (C=O) groups excluding carboxylic acids is 2. The first-order valence-corrected chi connectivity index (χ1v) is 6.66. The van der Waals surface area contributed by atoms with Crippen LogP contribution in [0.4, 0.5) is 11.4 Å². The molecule has 22 heavy (non-hydrogen) atoms. The highest BCUT2D eigenvalue weighted by atomic mass is 16.2. The van der Waals surface area contributed by atoms with E-state index in [0.717, 1.165) is 0 Å². The number of primary amides is 1. The quantitative estimate of drug-likeness (QED) is 0.760. The summed E-state index contributed by atoms with van der Waals surface area (Å²) in [4.78, 5) is 23.8. The first-order chi connectivity index (χ1) is 10.6. The van der Waals surface area contributed by atoms with Gasteiger partial charge in [0.05, 0.1) is 17.6 Å². The van der Waals surface area contributed by atoms with Crippen LogP contribution < -0.4 is 16.1 Å². The largest absolute Gasteiger partial charge is 0.368 e. The van der Waals surface area contributed by atoms with Crippen LogP contribution in [0.3, 0.4) is 0 Å². The van der Waals surface area contributed by atoms with Gasteiger partial charge in [0, 0.05) is 12.6 Å². The number of nitrogens with one attached hydrogen (secondary N) is 2. The van der Waals surface area contributed by atoms with Gasteiger partial charge < -0.3 is 11.1 Å². The van der Waals surface area contributed by atoms with Gasteiger partial charge in [0.2, 0.25) is 5.91 Å². The maximum Gasteiger partial charge on any atom is 0.272 e. The number of nitrogens with two attached hydrogens (primary N) is 1. The van der Waals surface area contributed by atoms with Gasteiger partial charge in [0.15, 0.2) is 0 Å². The van der Waals surface area contributed by atoms with E-state index >= 15 is 0 Å². The molecule has 0 aliphatic carbocycles.